The third kappa shape index (κ3) is 3.28. The molecule has 2 rings (SSSR count). The average Bonchev–Trinajstić information content (AvgIpc) is 2.40. The Bertz CT molecular complexity index is 720. The summed E-state index contributed by atoms with van der Waals surface area (Å²) in [5.74, 6) is -1.18. The molecule has 0 aliphatic heterocycles. The minimum atomic E-state index is -0.981. The average molecular weight is 283 g/mol. The summed E-state index contributed by atoms with van der Waals surface area (Å²) >= 11 is 0. The number of hydrogen-bond donors (Lipinski definition) is 2. The summed E-state index contributed by atoms with van der Waals surface area (Å²) in [6.07, 6.45) is 0. The second-order valence-corrected chi connectivity index (χ2v) is 5.11. The molecule has 108 valence electrons. The van der Waals surface area contributed by atoms with Gasteiger partial charge in [-0.3, -0.25) is 4.79 Å². The normalized spacial score (nSPS) is 10.2. The van der Waals surface area contributed by atoms with Gasteiger partial charge in [-0.2, -0.15) is 0 Å². The van der Waals surface area contributed by atoms with Crippen LogP contribution in [0.25, 0.3) is 0 Å². The van der Waals surface area contributed by atoms with E-state index < -0.39 is 5.97 Å². The molecule has 0 saturated carbocycles. The largest absolute Gasteiger partial charge is 0.478 e. The maximum atomic E-state index is 12.3. The highest BCUT2D eigenvalue weighted by atomic mass is 16.4. The van der Waals surface area contributed by atoms with Crippen molar-refractivity contribution in [3.8, 4) is 0 Å². The summed E-state index contributed by atoms with van der Waals surface area (Å²) in [6, 6.07) is 10.3. The maximum Gasteiger partial charge on any atom is 0.335 e. The van der Waals surface area contributed by atoms with Gasteiger partial charge in [0.15, 0.2) is 0 Å². The molecule has 0 unspecified atom stereocenters. The highest BCUT2D eigenvalue weighted by Gasteiger charge is 2.12. The number of carbonyl (C=O) groups is 2. The Kier molecular flexibility index (Phi) is 4.08. The van der Waals surface area contributed by atoms with Crippen LogP contribution in [0.2, 0.25) is 0 Å². The van der Waals surface area contributed by atoms with Crippen molar-refractivity contribution in [2.24, 2.45) is 0 Å². The van der Waals surface area contributed by atoms with Crippen LogP contribution >= 0.6 is 0 Å². The van der Waals surface area contributed by atoms with E-state index >= 15 is 0 Å². The molecule has 21 heavy (non-hydrogen) atoms. The van der Waals surface area contributed by atoms with Gasteiger partial charge in [0.25, 0.3) is 5.91 Å². The van der Waals surface area contributed by atoms with Crippen molar-refractivity contribution in [3.05, 3.63) is 64.2 Å². The first-order valence-electron chi connectivity index (χ1n) is 6.61. The van der Waals surface area contributed by atoms with Crippen LogP contribution in [0.15, 0.2) is 36.4 Å². The van der Waals surface area contributed by atoms with E-state index in [0.29, 0.717) is 16.8 Å². The monoisotopic (exact) mass is 283 g/mol. The first kappa shape index (κ1) is 14.8. The SMILES string of the molecule is Cc1ccc(C(=O)Nc2ccc(C(=O)O)cc2C)c(C)c1. The van der Waals surface area contributed by atoms with E-state index in [2.05, 4.69) is 5.32 Å². The summed E-state index contributed by atoms with van der Waals surface area (Å²) in [4.78, 5) is 23.2. The predicted octanol–water partition coefficient (Wildman–Crippen LogP) is 3.56. The van der Waals surface area contributed by atoms with Crippen LogP contribution in [0.1, 0.15) is 37.4 Å². The van der Waals surface area contributed by atoms with E-state index in [1.807, 2.05) is 26.0 Å². The first-order valence-corrected chi connectivity index (χ1v) is 6.61. The van der Waals surface area contributed by atoms with E-state index in [1.54, 1.807) is 25.1 Å². The van der Waals surface area contributed by atoms with Crippen LogP contribution in [-0.2, 0) is 0 Å². The van der Waals surface area contributed by atoms with Gasteiger partial charge in [0, 0.05) is 11.3 Å². The quantitative estimate of drug-likeness (QED) is 0.905. The molecule has 0 aromatic heterocycles. The fourth-order valence-electron chi connectivity index (χ4n) is 2.19. The Hall–Kier alpha value is -2.62. The summed E-state index contributed by atoms with van der Waals surface area (Å²) in [7, 11) is 0. The van der Waals surface area contributed by atoms with Gasteiger partial charge in [0.05, 0.1) is 5.56 Å². The third-order valence-electron chi connectivity index (χ3n) is 3.35. The Morgan fingerprint density at radius 1 is 0.952 bits per heavy atom. The fraction of sp³-hybridized carbons (Fsp3) is 0.176. The molecule has 0 heterocycles. The molecule has 0 fully saturated rings. The first-order chi connectivity index (χ1) is 9.88. The molecule has 1 amide bonds. The van der Waals surface area contributed by atoms with Crippen molar-refractivity contribution in [2.75, 3.05) is 5.32 Å². The van der Waals surface area contributed by atoms with Gasteiger partial charge in [-0.15, -0.1) is 0 Å². The Balaban J connectivity index is 2.25. The van der Waals surface area contributed by atoms with Gasteiger partial charge in [0.1, 0.15) is 0 Å². The molecule has 4 nitrogen and oxygen atoms in total. The van der Waals surface area contributed by atoms with Gasteiger partial charge in [0.2, 0.25) is 0 Å². The molecular formula is C17H17NO3. The number of rotatable bonds is 3. The number of carboxylic acid groups (broad SMARTS) is 1. The lowest BCUT2D eigenvalue weighted by Gasteiger charge is -2.11. The number of carboxylic acids is 1. The highest BCUT2D eigenvalue weighted by molar-refractivity contribution is 6.05. The number of amides is 1. The Labute approximate surface area is 123 Å². The van der Waals surface area contributed by atoms with E-state index in [4.69, 9.17) is 5.11 Å². The van der Waals surface area contributed by atoms with Crippen LogP contribution in [-0.4, -0.2) is 17.0 Å². The lowest BCUT2D eigenvalue weighted by Crippen LogP contribution is -2.14. The molecule has 0 aliphatic carbocycles. The molecule has 0 atom stereocenters. The number of nitrogens with one attached hydrogen (secondary N) is 1. The molecular weight excluding hydrogens is 266 g/mol. The van der Waals surface area contributed by atoms with Crippen molar-refractivity contribution < 1.29 is 14.7 Å². The number of benzene rings is 2. The summed E-state index contributed by atoms with van der Waals surface area (Å²) in [5.41, 5.74) is 4.16. The van der Waals surface area contributed by atoms with Gasteiger partial charge in [-0.25, -0.2) is 4.79 Å². The standard InChI is InChI=1S/C17H17NO3/c1-10-4-6-14(11(2)8-10)16(19)18-15-7-5-13(17(20)21)9-12(15)3/h4-9H,1-3H3,(H,18,19)(H,20,21). The molecule has 2 aromatic carbocycles. The molecule has 2 N–H and O–H groups in total. The second kappa shape index (κ2) is 5.79. The summed E-state index contributed by atoms with van der Waals surface area (Å²) < 4.78 is 0. The van der Waals surface area contributed by atoms with Gasteiger partial charge >= 0.3 is 5.97 Å². The van der Waals surface area contributed by atoms with Crippen LogP contribution in [0, 0.1) is 20.8 Å². The molecule has 0 spiro atoms. The summed E-state index contributed by atoms with van der Waals surface area (Å²) in [5, 5.41) is 11.8. The van der Waals surface area contributed by atoms with Crippen molar-refractivity contribution in [1.29, 1.82) is 0 Å². The Morgan fingerprint density at radius 2 is 1.67 bits per heavy atom. The number of aryl methyl sites for hydroxylation is 3. The molecule has 0 aliphatic rings. The topological polar surface area (TPSA) is 66.4 Å². The minimum absolute atomic E-state index is 0.196. The highest BCUT2D eigenvalue weighted by Crippen LogP contribution is 2.19. The number of anilines is 1. The molecule has 0 radical (unpaired) electrons. The number of aromatic carboxylic acids is 1. The van der Waals surface area contributed by atoms with E-state index in [0.717, 1.165) is 11.1 Å². The molecule has 0 saturated heterocycles. The maximum absolute atomic E-state index is 12.3. The number of hydrogen-bond acceptors (Lipinski definition) is 2. The van der Waals surface area contributed by atoms with Crippen molar-refractivity contribution in [2.45, 2.75) is 20.8 Å². The zero-order valence-electron chi connectivity index (χ0n) is 12.2. The zero-order chi connectivity index (χ0) is 15.6. The third-order valence-corrected chi connectivity index (χ3v) is 3.35. The fourth-order valence-corrected chi connectivity index (χ4v) is 2.19. The molecule has 2 aromatic rings. The van der Waals surface area contributed by atoms with E-state index in [-0.39, 0.29) is 11.5 Å². The molecule has 4 heteroatoms. The van der Waals surface area contributed by atoms with Crippen LogP contribution < -0.4 is 5.32 Å². The van der Waals surface area contributed by atoms with E-state index in [1.165, 1.54) is 6.07 Å². The molecule has 0 bridgehead atoms. The van der Waals surface area contributed by atoms with Crippen LogP contribution in [0.5, 0.6) is 0 Å². The van der Waals surface area contributed by atoms with Crippen molar-refractivity contribution in [3.63, 3.8) is 0 Å². The van der Waals surface area contributed by atoms with Crippen molar-refractivity contribution in [1.82, 2.24) is 0 Å². The van der Waals surface area contributed by atoms with E-state index in [9.17, 15) is 9.59 Å². The Morgan fingerprint density at radius 3 is 2.24 bits per heavy atom. The van der Waals surface area contributed by atoms with Crippen LogP contribution in [0.3, 0.4) is 0 Å². The smallest absolute Gasteiger partial charge is 0.335 e. The van der Waals surface area contributed by atoms with Crippen molar-refractivity contribution >= 4 is 17.6 Å². The lowest BCUT2D eigenvalue weighted by molar-refractivity contribution is 0.0696. The second-order valence-electron chi connectivity index (χ2n) is 5.11. The summed E-state index contributed by atoms with van der Waals surface area (Å²) in [6.45, 7) is 5.63. The zero-order valence-corrected chi connectivity index (χ0v) is 12.2. The number of carbonyl (C=O) groups excluding carboxylic acids is 1. The van der Waals surface area contributed by atoms with Gasteiger partial charge < -0.3 is 10.4 Å². The van der Waals surface area contributed by atoms with Gasteiger partial charge in [-0.1, -0.05) is 17.7 Å². The predicted molar refractivity (Wildman–Crippen MR) is 82.0 cm³/mol. The lowest BCUT2D eigenvalue weighted by atomic mass is 10.0. The minimum Gasteiger partial charge on any atom is -0.478 e. The van der Waals surface area contributed by atoms with Gasteiger partial charge in [-0.05, 0) is 56.2 Å². The van der Waals surface area contributed by atoms with Crippen LogP contribution in [0.4, 0.5) is 5.69 Å².